The van der Waals surface area contributed by atoms with Crippen molar-refractivity contribution in [3.05, 3.63) is 23.8 Å². The van der Waals surface area contributed by atoms with Crippen molar-refractivity contribution < 1.29 is 18.0 Å². The number of carbonyl (C=O) groups is 1. The molecule has 1 atom stereocenters. The predicted molar refractivity (Wildman–Crippen MR) is 81.3 cm³/mol. The van der Waals surface area contributed by atoms with E-state index in [1.165, 1.54) is 6.07 Å². The first-order valence-electron chi connectivity index (χ1n) is 6.62. The second kappa shape index (κ2) is 7.59. The molecule has 21 heavy (non-hydrogen) atoms. The maximum atomic E-state index is 12.7. The van der Waals surface area contributed by atoms with E-state index in [0.29, 0.717) is 11.0 Å². The number of rotatable bonds is 6. The summed E-state index contributed by atoms with van der Waals surface area (Å²) in [6.07, 6.45) is -3.25. The lowest BCUT2D eigenvalue weighted by Gasteiger charge is -2.13. The van der Waals surface area contributed by atoms with E-state index in [1.54, 1.807) is 11.8 Å². The van der Waals surface area contributed by atoms with E-state index in [9.17, 15) is 18.0 Å². The van der Waals surface area contributed by atoms with E-state index < -0.39 is 11.7 Å². The van der Waals surface area contributed by atoms with Gasteiger partial charge in [-0.25, -0.2) is 0 Å². The van der Waals surface area contributed by atoms with Crippen LogP contribution in [0.25, 0.3) is 0 Å². The fraction of sp³-hybridized carbons (Fsp3) is 0.500. The van der Waals surface area contributed by atoms with Crippen LogP contribution in [0, 0.1) is 0 Å². The van der Waals surface area contributed by atoms with Gasteiger partial charge in [-0.3, -0.25) is 4.79 Å². The van der Waals surface area contributed by atoms with Crippen LogP contribution in [0.15, 0.2) is 18.2 Å². The van der Waals surface area contributed by atoms with Crippen LogP contribution in [0.5, 0.6) is 0 Å². The predicted octanol–water partition coefficient (Wildman–Crippen LogP) is 4.15. The first kappa shape index (κ1) is 17.7. The molecule has 118 valence electrons. The number of thioether (sulfide) groups is 1. The van der Waals surface area contributed by atoms with Gasteiger partial charge in [-0.2, -0.15) is 24.9 Å². The first-order valence-corrected chi connectivity index (χ1v) is 7.67. The molecule has 3 N–H and O–H groups in total. The molecule has 1 rings (SSSR count). The van der Waals surface area contributed by atoms with Gasteiger partial charge in [-0.1, -0.05) is 13.8 Å². The van der Waals surface area contributed by atoms with Crippen molar-refractivity contribution in [2.24, 2.45) is 0 Å². The zero-order valence-electron chi connectivity index (χ0n) is 12.0. The molecule has 0 spiro atoms. The van der Waals surface area contributed by atoms with Gasteiger partial charge in [0.15, 0.2) is 0 Å². The fourth-order valence-corrected chi connectivity index (χ4v) is 2.51. The Morgan fingerprint density at radius 1 is 1.43 bits per heavy atom. The highest BCUT2D eigenvalue weighted by molar-refractivity contribution is 7.99. The van der Waals surface area contributed by atoms with E-state index in [0.717, 1.165) is 18.6 Å². The van der Waals surface area contributed by atoms with Gasteiger partial charge in [-0.15, -0.1) is 0 Å². The van der Waals surface area contributed by atoms with Gasteiger partial charge in [0, 0.05) is 28.8 Å². The summed E-state index contributed by atoms with van der Waals surface area (Å²) in [6.45, 7) is 4.13. The quantitative estimate of drug-likeness (QED) is 0.774. The SMILES string of the molecule is CCC(C)SCCC(=O)Nc1ccc(N)c(C(F)(F)F)c1. The molecule has 7 heteroatoms. The number of benzene rings is 1. The minimum Gasteiger partial charge on any atom is -0.398 e. The Bertz CT molecular complexity index is 492. The van der Waals surface area contributed by atoms with E-state index in [2.05, 4.69) is 19.2 Å². The molecule has 1 aromatic carbocycles. The van der Waals surface area contributed by atoms with Crippen molar-refractivity contribution in [1.82, 2.24) is 0 Å². The summed E-state index contributed by atoms with van der Waals surface area (Å²) in [4.78, 5) is 11.7. The summed E-state index contributed by atoms with van der Waals surface area (Å²) >= 11 is 1.66. The van der Waals surface area contributed by atoms with Crippen molar-refractivity contribution in [1.29, 1.82) is 0 Å². The number of anilines is 2. The molecule has 3 nitrogen and oxygen atoms in total. The number of nitrogen functional groups attached to an aromatic ring is 1. The molecule has 0 saturated carbocycles. The Morgan fingerprint density at radius 3 is 2.67 bits per heavy atom. The van der Waals surface area contributed by atoms with Crippen LogP contribution in [0.4, 0.5) is 24.5 Å². The second-order valence-corrected chi connectivity index (χ2v) is 6.23. The Kier molecular flexibility index (Phi) is 6.39. The van der Waals surface area contributed by atoms with Crippen molar-refractivity contribution in [2.45, 2.75) is 38.1 Å². The van der Waals surface area contributed by atoms with Crippen LogP contribution in [-0.4, -0.2) is 16.9 Å². The number of halogens is 3. The lowest BCUT2D eigenvalue weighted by Crippen LogP contribution is -2.15. The molecule has 1 amide bonds. The number of nitrogens with two attached hydrogens (primary N) is 1. The first-order chi connectivity index (χ1) is 9.74. The van der Waals surface area contributed by atoms with Gasteiger partial charge in [0.1, 0.15) is 0 Å². The minimum absolute atomic E-state index is 0.107. The van der Waals surface area contributed by atoms with Crippen LogP contribution in [0.2, 0.25) is 0 Å². The highest BCUT2D eigenvalue weighted by atomic mass is 32.2. The van der Waals surface area contributed by atoms with Gasteiger partial charge >= 0.3 is 6.18 Å². The third-order valence-electron chi connectivity index (χ3n) is 2.95. The molecule has 0 heterocycles. The number of alkyl halides is 3. The molecule has 0 aromatic heterocycles. The maximum Gasteiger partial charge on any atom is 0.418 e. The zero-order valence-corrected chi connectivity index (χ0v) is 12.8. The summed E-state index contributed by atoms with van der Waals surface area (Å²) in [5, 5.41) is 2.93. The Hall–Kier alpha value is -1.37. The topological polar surface area (TPSA) is 55.1 Å². The van der Waals surface area contributed by atoms with Gasteiger partial charge < -0.3 is 11.1 Å². The van der Waals surface area contributed by atoms with Crippen molar-refractivity contribution in [2.75, 3.05) is 16.8 Å². The molecule has 0 saturated heterocycles. The van der Waals surface area contributed by atoms with E-state index in [-0.39, 0.29) is 23.7 Å². The van der Waals surface area contributed by atoms with Crippen LogP contribution < -0.4 is 11.1 Å². The standard InChI is InChI=1S/C14H19F3N2OS/c1-3-9(2)21-7-6-13(20)19-10-4-5-12(18)11(8-10)14(15,16)17/h4-5,8-9H,3,6-7,18H2,1-2H3,(H,19,20). The zero-order chi connectivity index (χ0) is 16.0. The third kappa shape index (κ3) is 5.87. The maximum absolute atomic E-state index is 12.7. The van der Waals surface area contributed by atoms with Crippen LogP contribution >= 0.6 is 11.8 Å². The lowest BCUT2D eigenvalue weighted by molar-refractivity contribution is -0.136. The largest absolute Gasteiger partial charge is 0.418 e. The van der Waals surface area contributed by atoms with Gasteiger partial charge in [0.25, 0.3) is 0 Å². The Labute approximate surface area is 126 Å². The van der Waals surface area contributed by atoms with Crippen LogP contribution in [-0.2, 0) is 11.0 Å². The van der Waals surface area contributed by atoms with Crippen molar-refractivity contribution in [3.63, 3.8) is 0 Å². The van der Waals surface area contributed by atoms with Crippen molar-refractivity contribution in [3.8, 4) is 0 Å². The molecule has 0 fully saturated rings. The molecular formula is C14H19F3N2OS. The van der Waals surface area contributed by atoms with Gasteiger partial charge in [0.2, 0.25) is 5.91 Å². The average Bonchev–Trinajstić information content (AvgIpc) is 2.39. The summed E-state index contributed by atoms with van der Waals surface area (Å²) in [7, 11) is 0. The highest BCUT2D eigenvalue weighted by Gasteiger charge is 2.33. The number of hydrogen-bond acceptors (Lipinski definition) is 3. The van der Waals surface area contributed by atoms with E-state index in [4.69, 9.17) is 5.73 Å². The second-order valence-electron chi connectivity index (χ2n) is 4.69. The molecule has 0 bridgehead atoms. The van der Waals surface area contributed by atoms with Crippen molar-refractivity contribution >= 4 is 29.0 Å². The molecule has 0 aliphatic carbocycles. The van der Waals surface area contributed by atoms with Gasteiger partial charge in [-0.05, 0) is 24.6 Å². The smallest absolute Gasteiger partial charge is 0.398 e. The summed E-state index contributed by atoms with van der Waals surface area (Å²) in [5.74, 6) is 0.339. The van der Waals surface area contributed by atoms with E-state index >= 15 is 0 Å². The number of hydrogen-bond donors (Lipinski definition) is 2. The molecule has 1 unspecified atom stereocenters. The number of amides is 1. The summed E-state index contributed by atoms with van der Waals surface area (Å²) in [5.41, 5.74) is 4.12. The summed E-state index contributed by atoms with van der Waals surface area (Å²) < 4.78 is 38.1. The lowest BCUT2D eigenvalue weighted by atomic mass is 10.1. The minimum atomic E-state index is -4.53. The van der Waals surface area contributed by atoms with Gasteiger partial charge in [0.05, 0.1) is 5.56 Å². The normalized spacial score (nSPS) is 13.0. The van der Waals surface area contributed by atoms with Crippen LogP contribution in [0.3, 0.4) is 0 Å². The molecule has 0 aliphatic rings. The third-order valence-corrected chi connectivity index (χ3v) is 4.29. The highest BCUT2D eigenvalue weighted by Crippen LogP contribution is 2.35. The number of nitrogens with one attached hydrogen (secondary N) is 1. The number of carbonyl (C=O) groups excluding carboxylic acids is 1. The molecule has 0 aliphatic heterocycles. The molecule has 0 radical (unpaired) electrons. The Morgan fingerprint density at radius 2 is 2.10 bits per heavy atom. The fourth-order valence-electron chi connectivity index (χ4n) is 1.57. The van der Waals surface area contributed by atoms with E-state index in [1.807, 2.05) is 0 Å². The molecule has 1 aromatic rings. The monoisotopic (exact) mass is 320 g/mol. The molecular weight excluding hydrogens is 301 g/mol. The summed E-state index contributed by atoms with van der Waals surface area (Å²) in [6, 6.07) is 3.37. The Balaban J connectivity index is 2.61. The average molecular weight is 320 g/mol. The van der Waals surface area contributed by atoms with Crippen LogP contribution in [0.1, 0.15) is 32.3 Å².